The van der Waals surface area contributed by atoms with Gasteiger partial charge in [0.05, 0.1) is 25.0 Å². The summed E-state index contributed by atoms with van der Waals surface area (Å²) in [6.07, 6.45) is 22.5. The van der Waals surface area contributed by atoms with Crippen LogP contribution in [-0.2, 0) is 42.9 Å². The van der Waals surface area contributed by atoms with Crippen molar-refractivity contribution >= 4 is 23.9 Å². The Bertz CT molecular complexity index is 1670. The average Bonchev–Trinajstić information content (AvgIpc) is 3.72. The summed E-state index contributed by atoms with van der Waals surface area (Å²) in [7, 11) is 0. The molecule has 74 heavy (non-hydrogen) atoms. The highest BCUT2D eigenvalue weighted by molar-refractivity contribution is 5.78. The first kappa shape index (κ1) is 62.6. The van der Waals surface area contributed by atoms with E-state index in [0.29, 0.717) is 29.6 Å². The third-order valence-electron chi connectivity index (χ3n) is 19.2. The summed E-state index contributed by atoms with van der Waals surface area (Å²) in [5.41, 5.74) is 0.387. The first-order valence-corrected chi connectivity index (χ1v) is 30.7. The van der Waals surface area contributed by atoms with Gasteiger partial charge in [-0.05, 0) is 93.8 Å². The second-order valence-corrected chi connectivity index (χ2v) is 25.4. The van der Waals surface area contributed by atoms with Gasteiger partial charge in [-0.2, -0.15) is 5.41 Å². The first-order chi connectivity index (χ1) is 35.4. The van der Waals surface area contributed by atoms with Gasteiger partial charge in [-0.25, -0.2) is 4.79 Å². The van der Waals surface area contributed by atoms with Gasteiger partial charge >= 0.3 is 23.9 Å². The van der Waals surface area contributed by atoms with Gasteiger partial charge in [-0.3, -0.25) is 14.4 Å². The molecule has 5 fully saturated rings. The number of aliphatic hydroxyl groups excluding tert-OH is 3. The molecule has 0 aromatic heterocycles. The maximum absolute atomic E-state index is 13.8. The van der Waals surface area contributed by atoms with Crippen LogP contribution in [0.15, 0.2) is 0 Å². The lowest BCUT2D eigenvalue weighted by atomic mass is 9.44. The minimum Gasteiger partial charge on any atom is -0.463 e. The molecule has 12 unspecified atom stereocenters. The highest BCUT2D eigenvalue weighted by Crippen LogP contribution is 2.68. The summed E-state index contributed by atoms with van der Waals surface area (Å²) in [6, 6.07) is 0. The zero-order valence-corrected chi connectivity index (χ0v) is 47.7. The van der Waals surface area contributed by atoms with Crippen LogP contribution in [0, 0.1) is 59.2 Å². The second kappa shape index (κ2) is 31.3. The largest absolute Gasteiger partial charge is 0.463 e. The summed E-state index contributed by atoms with van der Waals surface area (Å²) in [4.78, 5) is 52.5. The van der Waals surface area contributed by atoms with Crippen molar-refractivity contribution in [1.29, 1.82) is 0 Å². The van der Waals surface area contributed by atoms with Crippen molar-refractivity contribution in [3.8, 4) is 0 Å². The standard InChI is InChI=1S/C62H107O12/c1-9-10-11-12-13-14-15-16-17-18-19-20-21-22-23-24-25-29-51(63)72-58-56(68)55(67)57(69)59(73-53(65)35-34-52(64)71-43(4)5)60(58)74-54(66)41-70-46-36-38-61(7)45(40-46)30-31-47-49-33-32-48(44(6)28-26-27-42(2)3)62(49,8)39-37-50(47)61/h42-50,55-60,67-69H,7,9-41H2,1-6,8H3/q-1/t44?,45?,46-,47?,48+,49?,50?,55?,56?,57?,58?,59?,60?,61?,62+/m0/s1. The van der Waals surface area contributed by atoms with Crippen LogP contribution in [0.4, 0.5) is 0 Å². The first-order valence-electron chi connectivity index (χ1n) is 30.7. The Hall–Kier alpha value is -2.28. The van der Waals surface area contributed by atoms with Crippen LogP contribution < -0.4 is 0 Å². The number of hydrogen-bond acceptors (Lipinski definition) is 12. The van der Waals surface area contributed by atoms with Crippen molar-refractivity contribution in [3.63, 3.8) is 0 Å². The van der Waals surface area contributed by atoms with E-state index in [2.05, 4.69) is 34.6 Å². The number of rotatable bonds is 33. The molecule has 5 aliphatic rings. The van der Waals surface area contributed by atoms with Gasteiger partial charge < -0.3 is 45.9 Å². The van der Waals surface area contributed by atoms with Crippen molar-refractivity contribution in [2.45, 2.75) is 303 Å². The maximum Gasteiger partial charge on any atom is 0.332 e. The van der Waals surface area contributed by atoms with E-state index in [9.17, 15) is 34.5 Å². The third-order valence-corrected chi connectivity index (χ3v) is 19.2. The van der Waals surface area contributed by atoms with E-state index >= 15 is 0 Å². The van der Waals surface area contributed by atoms with Gasteiger partial charge in [-0.1, -0.05) is 188 Å². The minimum atomic E-state index is -1.90. The van der Waals surface area contributed by atoms with Crippen LogP contribution >= 0.6 is 0 Å². The summed E-state index contributed by atoms with van der Waals surface area (Å²) >= 11 is 0. The molecule has 12 nitrogen and oxygen atoms in total. The monoisotopic (exact) mass is 1040 g/mol. The van der Waals surface area contributed by atoms with Gasteiger partial charge in [0.25, 0.3) is 0 Å². The summed E-state index contributed by atoms with van der Waals surface area (Å²) in [5.74, 6) is 1.69. The molecule has 0 aromatic carbocycles. The molecule has 0 heterocycles. The molecule has 12 heteroatoms. The van der Waals surface area contributed by atoms with Crippen LogP contribution in [0.25, 0.3) is 0 Å². The molecule has 3 N–H and O–H groups in total. The van der Waals surface area contributed by atoms with E-state index in [1.807, 2.05) is 0 Å². The molecule has 0 amide bonds. The van der Waals surface area contributed by atoms with E-state index in [4.69, 9.17) is 30.6 Å². The Kier molecular flexibility index (Phi) is 26.5. The lowest BCUT2D eigenvalue weighted by molar-refractivity contribution is -0.249. The molecule has 0 spiro atoms. The molecule has 0 aliphatic heterocycles. The zero-order valence-electron chi connectivity index (χ0n) is 47.7. The number of esters is 4. The van der Waals surface area contributed by atoms with Crippen molar-refractivity contribution < 1.29 is 58.2 Å². The SMILES string of the molecule is [CH2-]C12CC[C@H](OCC(=O)OC3C(OC(=O)CCCCCCCCCCCCCCCCCCC)C(O)C(O)C(O)C3OC(=O)CCC(=O)OC(C)C)CC1CCC1C2CC[C@@]2(C)C1CC[C@@H]2C(C)CCCC(C)C. The van der Waals surface area contributed by atoms with Crippen molar-refractivity contribution in [2.75, 3.05) is 6.61 Å². The van der Waals surface area contributed by atoms with Gasteiger partial charge in [0, 0.05) is 6.42 Å². The number of carbonyl (C=O) groups excluding carboxylic acids is 4. The molecule has 0 saturated heterocycles. The van der Waals surface area contributed by atoms with E-state index in [1.54, 1.807) is 13.8 Å². The lowest BCUT2D eigenvalue weighted by Gasteiger charge is -2.65. The number of carbonyl (C=O) groups is 4. The fraction of sp³-hybridized carbons (Fsp3) is 0.919. The topological polar surface area (TPSA) is 175 Å². The van der Waals surface area contributed by atoms with Crippen LogP contribution in [0.3, 0.4) is 0 Å². The Labute approximate surface area is 449 Å². The fourth-order valence-electron chi connectivity index (χ4n) is 15.1. The fourth-order valence-corrected chi connectivity index (χ4v) is 15.1. The number of hydrogen-bond donors (Lipinski definition) is 3. The predicted octanol–water partition coefficient (Wildman–Crippen LogP) is 12.9. The van der Waals surface area contributed by atoms with Crippen molar-refractivity contribution in [2.24, 2.45) is 52.3 Å². The molecule has 428 valence electrons. The Morgan fingerprint density at radius 1 is 0.554 bits per heavy atom. The average molecular weight is 1040 g/mol. The van der Waals surface area contributed by atoms with Gasteiger partial charge in [0.15, 0.2) is 18.3 Å². The summed E-state index contributed by atoms with van der Waals surface area (Å²) in [5, 5.41) is 33.4. The van der Waals surface area contributed by atoms with Gasteiger partial charge in [-0.15, -0.1) is 0 Å². The van der Waals surface area contributed by atoms with E-state index in [1.165, 1.54) is 128 Å². The highest BCUT2D eigenvalue weighted by Gasteiger charge is 2.59. The Morgan fingerprint density at radius 3 is 1.66 bits per heavy atom. The molecule has 5 aliphatic carbocycles. The number of fused-ring (bicyclic) bond motifs is 5. The van der Waals surface area contributed by atoms with E-state index in [-0.39, 0.29) is 24.4 Å². The molecule has 15 atom stereocenters. The van der Waals surface area contributed by atoms with Gasteiger partial charge in [0.2, 0.25) is 0 Å². The van der Waals surface area contributed by atoms with Crippen molar-refractivity contribution in [3.05, 3.63) is 6.92 Å². The molecule has 0 aromatic rings. The highest BCUT2D eigenvalue weighted by atomic mass is 16.6. The van der Waals surface area contributed by atoms with Crippen LogP contribution in [0.1, 0.15) is 254 Å². The van der Waals surface area contributed by atoms with Crippen LogP contribution in [0.2, 0.25) is 0 Å². The molecule has 0 bridgehead atoms. The smallest absolute Gasteiger partial charge is 0.332 e. The lowest BCUT2D eigenvalue weighted by Crippen LogP contribution is -2.66. The Balaban J connectivity index is 1.11. The predicted molar refractivity (Wildman–Crippen MR) is 289 cm³/mol. The molecule has 0 radical (unpaired) electrons. The number of unbranched alkanes of at least 4 members (excludes halogenated alkanes) is 16. The summed E-state index contributed by atoms with van der Waals surface area (Å²) in [6.45, 7) is 20.0. The van der Waals surface area contributed by atoms with Crippen LogP contribution in [-0.4, -0.2) is 94.6 Å². The number of ether oxygens (including phenoxy) is 5. The second-order valence-electron chi connectivity index (χ2n) is 25.4. The summed E-state index contributed by atoms with van der Waals surface area (Å²) < 4.78 is 28.6. The van der Waals surface area contributed by atoms with Crippen LogP contribution in [0.5, 0.6) is 0 Å². The minimum absolute atomic E-state index is 0.0214. The van der Waals surface area contributed by atoms with E-state index < -0.39 is 79.6 Å². The van der Waals surface area contributed by atoms with E-state index in [0.717, 1.165) is 75.0 Å². The molecule has 5 saturated carbocycles. The number of aliphatic hydroxyl groups is 3. The zero-order chi connectivity index (χ0) is 53.8. The Morgan fingerprint density at radius 2 is 1.09 bits per heavy atom. The third kappa shape index (κ3) is 18.1. The quantitative estimate of drug-likeness (QED) is 0.0246. The molecular formula is C62H107O12-. The normalized spacial score (nSPS) is 33.1. The molecular weight excluding hydrogens is 937 g/mol. The maximum atomic E-state index is 13.8. The molecule has 5 rings (SSSR count). The van der Waals surface area contributed by atoms with Crippen molar-refractivity contribution in [1.82, 2.24) is 0 Å². The van der Waals surface area contributed by atoms with Gasteiger partial charge in [0.1, 0.15) is 24.9 Å².